The number of aromatic nitrogens is 1. The van der Waals surface area contributed by atoms with E-state index in [1.54, 1.807) is 0 Å². The van der Waals surface area contributed by atoms with Crippen molar-refractivity contribution < 1.29 is 0 Å². The summed E-state index contributed by atoms with van der Waals surface area (Å²) < 4.78 is 4.23. The smallest absolute Gasteiger partial charge is 0.142 e. The van der Waals surface area contributed by atoms with Crippen LogP contribution in [0.3, 0.4) is 0 Å². The van der Waals surface area contributed by atoms with Crippen molar-refractivity contribution in [2.45, 2.75) is 52.1 Å². The second-order valence-corrected chi connectivity index (χ2v) is 5.51. The number of piperidine rings is 1. The van der Waals surface area contributed by atoms with E-state index in [1.165, 1.54) is 30.8 Å². The zero-order valence-electron chi connectivity index (χ0n) is 10.5. The van der Waals surface area contributed by atoms with Gasteiger partial charge in [0.05, 0.1) is 5.69 Å². The van der Waals surface area contributed by atoms with Gasteiger partial charge in [-0.3, -0.25) is 0 Å². The fourth-order valence-electron chi connectivity index (χ4n) is 2.34. The van der Waals surface area contributed by atoms with Crippen LogP contribution >= 0.6 is 11.5 Å². The van der Waals surface area contributed by atoms with Crippen molar-refractivity contribution in [3.63, 3.8) is 0 Å². The van der Waals surface area contributed by atoms with Gasteiger partial charge in [-0.1, -0.05) is 6.42 Å². The second kappa shape index (κ2) is 5.03. The standard InChI is InChI=1S/C12H18N4S/c1-8-5-4-6-9(2)16(8)14-12-11(7-13)10(3)15-17-12/h8-9,14H,4-6H2,1-3H3. The summed E-state index contributed by atoms with van der Waals surface area (Å²) in [6.07, 6.45) is 3.70. The molecule has 17 heavy (non-hydrogen) atoms. The average molecular weight is 250 g/mol. The summed E-state index contributed by atoms with van der Waals surface area (Å²) in [4.78, 5) is 0. The largest absolute Gasteiger partial charge is 0.307 e. The molecule has 2 unspecified atom stereocenters. The van der Waals surface area contributed by atoms with Crippen LogP contribution in [0, 0.1) is 18.3 Å². The lowest BCUT2D eigenvalue weighted by Gasteiger charge is -2.39. The van der Waals surface area contributed by atoms with Crippen molar-refractivity contribution in [2.75, 3.05) is 5.43 Å². The first-order valence-corrected chi connectivity index (χ1v) is 6.82. The number of hydrogen-bond acceptors (Lipinski definition) is 5. The molecule has 0 spiro atoms. The molecule has 0 amide bonds. The van der Waals surface area contributed by atoms with Gasteiger partial charge in [-0.25, -0.2) is 5.01 Å². The van der Waals surface area contributed by atoms with Crippen LogP contribution in [0.15, 0.2) is 0 Å². The maximum Gasteiger partial charge on any atom is 0.142 e. The van der Waals surface area contributed by atoms with Crippen LogP contribution in [-0.4, -0.2) is 21.5 Å². The van der Waals surface area contributed by atoms with E-state index in [2.05, 4.69) is 34.7 Å². The Morgan fingerprint density at radius 2 is 2.06 bits per heavy atom. The van der Waals surface area contributed by atoms with Crippen LogP contribution in [0.2, 0.25) is 0 Å². The summed E-state index contributed by atoms with van der Waals surface area (Å²) in [5.74, 6) is 0. The summed E-state index contributed by atoms with van der Waals surface area (Å²) >= 11 is 1.37. The van der Waals surface area contributed by atoms with Gasteiger partial charge >= 0.3 is 0 Å². The van der Waals surface area contributed by atoms with Gasteiger partial charge in [0, 0.05) is 12.1 Å². The van der Waals surface area contributed by atoms with E-state index in [9.17, 15) is 0 Å². The fraction of sp³-hybridized carbons (Fsp3) is 0.667. The maximum atomic E-state index is 9.11. The molecule has 0 saturated carbocycles. The SMILES string of the molecule is Cc1nsc(NN2C(C)CCCC2C)c1C#N. The molecule has 92 valence electrons. The van der Waals surface area contributed by atoms with Crippen molar-refractivity contribution in [1.82, 2.24) is 9.38 Å². The first kappa shape index (κ1) is 12.3. The zero-order chi connectivity index (χ0) is 12.4. The summed E-state index contributed by atoms with van der Waals surface area (Å²) in [7, 11) is 0. The number of rotatable bonds is 2. The van der Waals surface area contributed by atoms with E-state index in [0.29, 0.717) is 17.6 Å². The Morgan fingerprint density at radius 1 is 1.41 bits per heavy atom. The lowest BCUT2D eigenvalue weighted by molar-refractivity contribution is 0.136. The first-order valence-electron chi connectivity index (χ1n) is 6.05. The van der Waals surface area contributed by atoms with Crippen LogP contribution < -0.4 is 5.43 Å². The highest BCUT2D eigenvalue weighted by Gasteiger charge is 2.26. The third-order valence-electron chi connectivity index (χ3n) is 3.40. The molecule has 0 aromatic carbocycles. The van der Waals surface area contributed by atoms with Gasteiger partial charge in [0.2, 0.25) is 0 Å². The summed E-state index contributed by atoms with van der Waals surface area (Å²) in [5.41, 5.74) is 4.89. The molecule has 1 aliphatic heterocycles. The molecule has 1 fully saturated rings. The minimum absolute atomic E-state index is 0.507. The van der Waals surface area contributed by atoms with E-state index >= 15 is 0 Å². The highest BCUT2D eigenvalue weighted by Crippen LogP contribution is 2.28. The van der Waals surface area contributed by atoms with Crippen LogP contribution in [0.25, 0.3) is 0 Å². The number of nitriles is 1. The van der Waals surface area contributed by atoms with Crippen LogP contribution in [0.4, 0.5) is 5.00 Å². The highest BCUT2D eigenvalue weighted by atomic mass is 32.1. The van der Waals surface area contributed by atoms with E-state index in [-0.39, 0.29) is 0 Å². The number of nitrogens with one attached hydrogen (secondary N) is 1. The molecule has 2 rings (SSSR count). The molecule has 1 aromatic heterocycles. The molecule has 5 heteroatoms. The van der Waals surface area contributed by atoms with Crippen molar-refractivity contribution in [3.05, 3.63) is 11.3 Å². The lowest BCUT2D eigenvalue weighted by atomic mass is 10.00. The van der Waals surface area contributed by atoms with Crippen LogP contribution in [0.1, 0.15) is 44.4 Å². The van der Waals surface area contributed by atoms with Gasteiger partial charge in [0.25, 0.3) is 0 Å². The second-order valence-electron chi connectivity index (χ2n) is 4.73. The first-order chi connectivity index (χ1) is 8.13. The monoisotopic (exact) mass is 250 g/mol. The topological polar surface area (TPSA) is 52.0 Å². The number of nitrogens with zero attached hydrogens (tertiary/aromatic N) is 3. The van der Waals surface area contributed by atoms with Crippen molar-refractivity contribution >= 4 is 16.5 Å². The van der Waals surface area contributed by atoms with E-state index in [4.69, 9.17) is 5.26 Å². The number of anilines is 1. The third kappa shape index (κ3) is 2.43. The molecule has 2 atom stereocenters. The Bertz CT molecular complexity index is 424. The van der Waals surface area contributed by atoms with Crippen LogP contribution in [0.5, 0.6) is 0 Å². The maximum absolute atomic E-state index is 9.11. The van der Waals surface area contributed by atoms with E-state index in [1.807, 2.05) is 6.92 Å². The minimum atomic E-state index is 0.507. The van der Waals surface area contributed by atoms with E-state index < -0.39 is 0 Å². The highest BCUT2D eigenvalue weighted by molar-refractivity contribution is 7.10. The molecule has 0 aliphatic carbocycles. The van der Waals surface area contributed by atoms with Gasteiger partial charge in [0.15, 0.2) is 0 Å². The Morgan fingerprint density at radius 3 is 2.65 bits per heavy atom. The number of aryl methyl sites for hydroxylation is 1. The Hall–Kier alpha value is -1.12. The molecule has 1 aromatic rings. The third-order valence-corrected chi connectivity index (χ3v) is 4.24. The van der Waals surface area contributed by atoms with Gasteiger partial charge < -0.3 is 5.43 Å². The fourth-order valence-corrected chi connectivity index (χ4v) is 3.09. The molecule has 0 bridgehead atoms. The molecule has 1 aliphatic rings. The molecule has 0 radical (unpaired) electrons. The summed E-state index contributed by atoms with van der Waals surface area (Å²) in [6.45, 7) is 6.33. The van der Waals surface area contributed by atoms with Crippen molar-refractivity contribution in [3.8, 4) is 6.07 Å². The molecular formula is C12H18N4S. The predicted molar refractivity (Wildman–Crippen MR) is 69.8 cm³/mol. The minimum Gasteiger partial charge on any atom is -0.307 e. The van der Waals surface area contributed by atoms with Crippen LogP contribution in [-0.2, 0) is 0 Å². The number of hydrazine groups is 1. The zero-order valence-corrected chi connectivity index (χ0v) is 11.3. The average Bonchev–Trinajstić information content (AvgIpc) is 2.64. The normalized spacial score (nSPS) is 25.5. The molecular weight excluding hydrogens is 232 g/mol. The molecule has 1 saturated heterocycles. The van der Waals surface area contributed by atoms with Crippen molar-refractivity contribution in [1.29, 1.82) is 5.26 Å². The summed E-state index contributed by atoms with van der Waals surface area (Å²) in [6, 6.07) is 3.24. The van der Waals surface area contributed by atoms with Crippen molar-refractivity contribution in [2.24, 2.45) is 0 Å². The Balaban J connectivity index is 2.17. The Labute approximate surface area is 106 Å². The number of hydrogen-bond donors (Lipinski definition) is 1. The Kier molecular flexibility index (Phi) is 3.65. The van der Waals surface area contributed by atoms with Gasteiger partial charge in [-0.15, -0.1) is 0 Å². The lowest BCUT2D eigenvalue weighted by Crippen LogP contribution is -2.47. The molecule has 4 nitrogen and oxygen atoms in total. The van der Waals surface area contributed by atoms with Gasteiger partial charge in [0.1, 0.15) is 16.6 Å². The van der Waals surface area contributed by atoms with E-state index in [0.717, 1.165) is 10.7 Å². The summed E-state index contributed by atoms with van der Waals surface area (Å²) in [5, 5.41) is 12.2. The molecule has 1 N–H and O–H groups in total. The predicted octanol–water partition coefficient (Wildman–Crippen LogP) is 2.91. The van der Waals surface area contributed by atoms with Gasteiger partial charge in [-0.2, -0.15) is 9.64 Å². The van der Waals surface area contributed by atoms with Gasteiger partial charge in [-0.05, 0) is 45.1 Å². The quantitative estimate of drug-likeness (QED) is 0.877. The molecule has 2 heterocycles.